The maximum absolute atomic E-state index is 12.3. The van der Waals surface area contributed by atoms with Crippen LogP contribution in [0.4, 0.5) is 5.69 Å². The molecule has 0 fully saturated rings. The molecular weight excluding hydrogens is 308 g/mol. The number of aromatic nitrogens is 3. The molecule has 2 heterocycles. The van der Waals surface area contributed by atoms with Gasteiger partial charge in [-0.3, -0.25) is 4.79 Å². The van der Waals surface area contributed by atoms with Crippen molar-refractivity contribution in [3.05, 3.63) is 60.6 Å². The van der Waals surface area contributed by atoms with Crippen molar-refractivity contribution in [1.29, 1.82) is 0 Å². The fraction of sp³-hybridized carbons (Fsp3) is 0.118. The summed E-state index contributed by atoms with van der Waals surface area (Å²) in [4.78, 5) is 16.6. The van der Waals surface area contributed by atoms with E-state index in [1.165, 1.54) is 7.11 Å². The van der Waals surface area contributed by atoms with E-state index in [1.807, 2.05) is 6.07 Å². The Balaban J connectivity index is 1.75. The zero-order chi connectivity index (χ0) is 16.9. The molecule has 2 aromatic heterocycles. The van der Waals surface area contributed by atoms with Crippen LogP contribution in [0.5, 0.6) is 11.5 Å². The smallest absolute Gasteiger partial charge is 0.255 e. The first-order valence-electron chi connectivity index (χ1n) is 7.20. The molecule has 0 saturated carbocycles. The highest BCUT2D eigenvalue weighted by molar-refractivity contribution is 6.04. The lowest BCUT2D eigenvalue weighted by Gasteiger charge is -2.10. The second-order valence-corrected chi connectivity index (χ2v) is 4.88. The van der Waals surface area contributed by atoms with Gasteiger partial charge in [0.05, 0.1) is 26.1 Å². The van der Waals surface area contributed by atoms with E-state index in [9.17, 15) is 4.79 Å². The van der Waals surface area contributed by atoms with Gasteiger partial charge in [-0.25, -0.2) is 9.67 Å². The highest BCUT2D eigenvalue weighted by Crippen LogP contribution is 2.27. The first-order chi connectivity index (χ1) is 11.7. The van der Waals surface area contributed by atoms with Crippen LogP contribution in [-0.4, -0.2) is 34.9 Å². The Morgan fingerprint density at radius 2 is 1.96 bits per heavy atom. The summed E-state index contributed by atoms with van der Waals surface area (Å²) in [6.07, 6.45) is 5.05. The number of hydrogen-bond acceptors (Lipinski definition) is 5. The summed E-state index contributed by atoms with van der Waals surface area (Å²) >= 11 is 0. The molecule has 3 aromatic rings. The normalized spacial score (nSPS) is 10.2. The molecule has 7 heteroatoms. The van der Waals surface area contributed by atoms with Crippen LogP contribution in [0.3, 0.4) is 0 Å². The van der Waals surface area contributed by atoms with Crippen molar-refractivity contribution in [2.45, 2.75) is 0 Å². The standard InChI is InChI=1S/C17H16N4O3/c1-23-14-6-4-12(10-15(14)24-2)17(22)20-13-5-7-16(18-11-13)21-9-3-8-19-21/h3-11H,1-2H3,(H,20,22). The molecule has 0 radical (unpaired) electrons. The van der Waals surface area contributed by atoms with Crippen LogP contribution in [0.15, 0.2) is 55.0 Å². The average Bonchev–Trinajstić information content (AvgIpc) is 3.16. The summed E-state index contributed by atoms with van der Waals surface area (Å²) in [6, 6.07) is 10.3. The highest BCUT2D eigenvalue weighted by atomic mass is 16.5. The number of benzene rings is 1. The molecule has 1 N–H and O–H groups in total. The molecule has 3 rings (SSSR count). The average molecular weight is 324 g/mol. The third kappa shape index (κ3) is 3.19. The van der Waals surface area contributed by atoms with Crippen LogP contribution in [-0.2, 0) is 0 Å². The lowest BCUT2D eigenvalue weighted by atomic mass is 10.2. The summed E-state index contributed by atoms with van der Waals surface area (Å²) in [5.74, 6) is 1.48. The van der Waals surface area contributed by atoms with E-state index in [2.05, 4.69) is 15.4 Å². The van der Waals surface area contributed by atoms with Crippen molar-refractivity contribution < 1.29 is 14.3 Å². The number of rotatable bonds is 5. The van der Waals surface area contributed by atoms with Gasteiger partial charge in [0.25, 0.3) is 5.91 Å². The van der Waals surface area contributed by atoms with Gasteiger partial charge < -0.3 is 14.8 Å². The number of nitrogens with zero attached hydrogens (tertiary/aromatic N) is 3. The van der Waals surface area contributed by atoms with Crippen LogP contribution < -0.4 is 14.8 Å². The molecule has 0 atom stereocenters. The van der Waals surface area contributed by atoms with Gasteiger partial charge in [-0.05, 0) is 36.4 Å². The Kier molecular flexibility index (Phi) is 4.42. The Morgan fingerprint density at radius 1 is 1.12 bits per heavy atom. The molecule has 1 amide bonds. The fourth-order valence-corrected chi connectivity index (χ4v) is 2.18. The third-order valence-corrected chi connectivity index (χ3v) is 3.39. The first kappa shape index (κ1) is 15.5. The van der Waals surface area contributed by atoms with Gasteiger partial charge in [0.15, 0.2) is 17.3 Å². The molecule has 24 heavy (non-hydrogen) atoms. The molecule has 1 aromatic carbocycles. The van der Waals surface area contributed by atoms with Gasteiger partial charge in [-0.1, -0.05) is 0 Å². The topological polar surface area (TPSA) is 78.3 Å². The predicted octanol–water partition coefficient (Wildman–Crippen LogP) is 2.54. The van der Waals surface area contributed by atoms with Gasteiger partial charge >= 0.3 is 0 Å². The highest BCUT2D eigenvalue weighted by Gasteiger charge is 2.11. The number of carbonyl (C=O) groups is 1. The van der Waals surface area contributed by atoms with Gasteiger partial charge in [-0.2, -0.15) is 5.10 Å². The third-order valence-electron chi connectivity index (χ3n) is 3.39. The molecule has 0 aliphatic rings. The molecule has 0 unspecified atom stereocenters. The molecule has 0 aliphatic heterocycles. The summed E-state index contributed by atoms with van der Waals surface area (Å²) in [6.45, 7) is 0. The zero-order valence-corrected chi connectivity index (χ0v) is 13.3. The molecule has 122 valence electrons. The van der Waals surface area contributed by atoms with E-state index in [4.69, 9.17) is 9.47 Å². The predicted molar refractivity (Wildman–Crippen MR) is 88.9 cm³/mol. The van der Waals surface area contributed by atoms with E-state index >= 15 is 0 Å². The monoisotopic (exact) mass is 324 g/mol. The SMILES string of the molecule is COc1ccc(C(=O)Nc2ccc(-n3cccn3)nc2)cc1OC. The van der Waals surface area contributed by atoms with Gasteiger partial charge in [0, 0.05) is 18.0 Å². The van der Waals surface area contributed by atoms with Crippen molar-refractivity contribution in [1.82, 2.24) is 14.8 Å². The van der Waals surface area contributed by atoms with E-state index in [1.54, 1.807) is 60.7 Å². The number of pyridine rings is 1. The second kappa shape index (κ2) is 6.82. The number of hydrogen-bond donors (Lipinski definition) is 1. The molecule has 0 saturated heterocycles. The van der Waals surface area contributed by atoms with Gasteiger partial charge in [-0.15, -0.1) is 0 Å². The number of methoxy groups -OCH3 is 2. The maximum Gasteiger partial charge on any atom is 0.255 e. The summed E-state index contributed by atoms with van der Waals surface area (Å²) in [5.41, 5.74) is 1.05. The van der Waals surface area contributed by atoms with E-state index in [0.29, 0.717) is 28.6 Å². The quantitative estimate of drug-likeness (QED) is 0.780. The van der Waals surface area contributed by atoms with E-state index in [0.717, 1.165) is 0 Å². The van der Waals surface area contributed by atoms with Gasteiger partial charge in [0.1, 0.15) is 0 Å². The minimum Gasteiger partial charge on any atom is -0.493 e. The van der Waals surface area contributed by atoms with Crippen LogP contribution in [0.25, 0.3) is 5.82 Å². The number of nitrogens with one attached hydrogen (secondary N) is 1. The van der Waals surface area contributed by atoms with Crippen molar-refractivity contribution in [2.75, 3.05) is 19.5 Å². The lowest BCUT2D eigenvalue weighted by molar-refractivity contribution is 0.102. The minimum absolute atomic E-state index is 0.260. The molecule has 0 spiro atoms. The Morgan fingerprint density at radius 3 is 2.58 bits per heavy atom. The Hall–Kier alpha value is -3.35. The number of anilines is 1. The number of carbonyl (C=O) groups excluding carboxylic acids is 1. The summed E-state index contributed by atoms with van der Waals surface area (Å²) < 4.78 is 12.0. The lowest BCUT2D eigenvalue weighted by Crippen LogP contribution is -2.12. The maximum atomic E-state index is 12.3. The minimum atomic E-state index is -0.260. The largest absolute Gasteiger partial charge is 0.493 e. The molecule has 0 aliphatic carbocycles. The van der Waals surface area contributed by atoms with Crippen LogP contribution in [0.2, 0.25) is 0 Å². The van der Waals surface area contributed by atoms with Crippen molar-refractivity contribution in [2.24, 2.45) is 0 Å². The number of amides is 1. The van der Waals surface area contributed by atoms with Crippen LogP contribution >= 0.6 is 0 Å². The second-order valence-electron chi connectivity index (χ2n) is 4.88. The van der Waals surface area contributed by atoms with Crippen LogP contribution in [0.1, 0.15) is 10.4 Å². The van der Waals surface area contributed by atoms with Crippen LogP contribution in [0, 0.1) is 0 Å². The van der Waals surface area contributed by atoms with Crippen molar-refractivity contribution in [3.63, 3.8) is 0 Å². The van der Waals surface area contributed by atoms with E-state index in [-0.39, 0.29) is 5.91 Å². The first-order valence-corrected chi connectivity index (χ1v) is 7.20. The van der Waals surface area contributed by atoms with Gasteiger partial charge in [0.2, 0.25) is 0 Å². The van der Waals surface area contributed by atoms with Crippen molar-refractivity contribution in [3.8, 4) is 17.3 Å². The Bertz CT molecular complexity index is 830. The number of ether oxygens (including phenoxy) is 2. The molecule has 0 bridgehead atoms. The van der Waals surface area contributed by atoms with E-state index < -0.39 is 0 Å². The zero-order valence-electron chi connectivity index (χ0n) is 13.3. The summed E-state index contributed by atoms with van der Waals surface area (Å²) in [5, 5.41) is 6.89. The molecular formula is C17H16N4O3. The fourth-order valence-electron chi connectivity index (χ4n) is 2.18. The van der Waals surface area contributed by atoms with Crippen molar-refractivity contribution >= 4 is 11.6 Å². The summed E-state index contributed by atoms with van der Waals surface area (Å²) in [7, 11) is 3.07. The molecule has 7 nitrogen and oxygen atoms in total. The Labute approximate surface area is 138 Å².